The standard InChI is InChI=1S/C10H14FNO/c1-7-4-3-5-9(10(7)11)12-6-8(2)13/h3-5,8,12-13H,6H2,1-2H3. The molecule has 1 unspecified atom stereocenters. The summed E-state index contributed by atoms with van der Waals surface area (Å²) < 4.78 is 13.3. The molecule has 2 N–H and O–H groups in total. The van der Waals surface area contributed by atoms with E-state index in [1.54, 1.807) is 32.0 Å². The Morgan fingerprint density at radius 3 is 2.85 bits per heavy atom. The van der Waals surface area contributed by atoms with Crippen LogP contribution >= 0.6 is 0 Å². The van der Waals surface area contributed by atoms with E-state index in [1.165, 1.54) is 0 Å². The molecule has 1 aromatic carbocycles. The number of aliphatic hydroxyl groups excluding tert-OH is 1. The monoisotopic (exact) mass is 183 g/mol. The van der Waals surface area contributed by atoms with E-state index in [2.05, 4.69) is 5.32 Å². The first-order valence-electron chi connectivity index (χ1n) is 4.28. The number of anilines is 1. The molecule has 0 saturated heterocycles. The number of aryl methyl sites for hydroxylation is 1. The lowest BCUT2D eigenvalue weighted by molar-refractivity contribution is 0.208. The van der Waals surface area contributed by atoms with Crippen molar-refractivity contribution in [1.82, 2.24) is 0 Å². The van der Waals surface area contributed by atoms with Crippen LogP contribution in [0.2, 0.25) is 0 Å². The van der Waals surface area contributed by atoms with E-state index in [0.29, 0.717) is 17.8 Å². The van der Waals surface area contributed by atoms with Gasteiger partial charge in [0.25, 0.3) is 0 Å². The van der Waals surface area contributed by atoms with Gasteiger partial charge >= 0.3 is 0 Å². The highest BCUT2D eigenvalue weighted by atomic mass is 19.1. The van der Waals surface area contributed by atoms with Crippen molar-refractivity contribution in [3.63, 3.8) is 0 Å². The Hall–Kier alpha value is -1.09. The highest BCUT2D eigenvalue weighted by molar-refractivity contribution is 5.47. The summed E-state index contributed by atoms with van der Waals surface area (Å²) >= 11 is 0. The third kappa shape index (κ3) is 2.70. The van der Waals surface area contributed by atoms with Crippen molar-refractivity contribution < 1.29 is 9.50 Å². The average Bonchev–Trinajstić information content (AvgIpc) is 2.07. The first-order chi connectivity index (χ1) is 6.11. The quantitative estimate of drug-likeness (QED) is 0.750. The lowest BCUT2D eigenvalue weighted by atomic mass is 10.2. The highest BCUT2D eigenvalue weighted by Gasteiger charge is 2.04. The molecule has 0 heterocycles. The first kappa shape index (κ1) is 9.99. The topological polar surface area (TPSA) is 32.3 Å². The zero-order chi connectivity index (χ0) is 9.84. The predicted molar refractivity (Wildman–Crippen MR) is 51.3 cm³/mol. The lowest BCUT2D eigenvalue weighted by Gasteiger charge is -2.10. The van der Waals surface area contributed by atoms with Gasteiger partial charge in [0.2, 0.25) is 0 Å². The minimum Gasteiger partial charge on any atom is -0.392 e. The second-order valence-electron chi connectivity index (χ2n) is 3.17. The first-order valence-corrected chi connectivity index (χ1v) is 4.28. The number of halogens is 1. The Morgan fingerprint density at radius 2 is 2.23 bits per heavy atom. The summed E-state index contributed by atoms with van der Waals surface area (Å²) in [5, 5.41) is 11.8. The van der Waals surface area contributed by atoms with Crippen LogP contribution in [0.1, 0.15) is 12.5 Å². The fourth-order valence-corrected chi connectivity index (χ4v) is 1.04. The molecule has 3 heteroatoms. The summed E-state index contributed by atoms with van der Waals surface area (Å²) in [4.78, 5) is 0. The maximum Gasteiger partial charge on any atom is 0.149 e. The Kier molecular flexibility index (Phi) is 3.25. The van der Waals surface area contributed by atoms with Crippen LogP contribution in [0.4, 0.5) is 10.1 Å². The van der Waals surface area contributed by atoms with Crippen molar-refractivity contribution in [1.29, 1.82) is 0 Å². The van der Waals surface area contributed by atoms with Gasteiger partial charge in [-0.25, -0.2) is 4.39 Å². The SMILES string of the molecule is Cc1cccc(NCC(C)O)c1F. The third-order valence-corrected chi connectivity index (χ3v) is 1.78. The molecular weight excluding hydrogens is 169 g/mol. The lowest BCUT2D eigenvalue weighted by Crippen LogP contribution is -2.16. The van der Waals surface area contributed by atoms with Gasteiger partial charge < -0.3 is 10.4 Å². The summed E-state index contributed by atoms with van der Waals surface area (Å²) in [7, 11) is 0. The molecule has 0 spiro atoms. The molecule has 0 saturated carbocycles. The molecule has 0 fully saturated rings. The minimum absolute atomic E-state index is 0.247. The number of benzene rings is 1. The van der Waals surface area contributed by atoms with Crippen LogP contribution in [0, 0.1) is 12.7 Å². The van der Waals surface area contributed by atoms with Crippen molar-refractivity contribution in [2.45, 2.75) is 20.0 Å². The Bertz CT molecular complexity index is 286. The Labute approximate surface area is 77.4 Å². The molecule has 72 valence electrons. The molecule has 2 nitrogen and oxygen atoms in total. The van der Waals surface area contributed by atoms with Crippen molar-refractivity contribution >= 4 is 5.69 Å². The van der Waals surface area contributed by atoms with Crippen molar-refractivity contribution in [3.05, 3.63) is 29.6 Å². The summed E-state index contributed by atoms with van der Waals surface area (Å²) in [6.07, 6.45) is -0.472. The van der Waals surface area contributed by atoms with Gasteiger partial charge in [-0.3, -0.25) is 0 Å². The smallest absolute Gasteiger partial charge is 0.149 e. The summed E-state index contributed by atoms with van der Waals surface area (Å²) in [5.41, 5.74) is 1.05. The fourth-order valence-electron chi connectivity index (χ4n) is 1.04. The van der Waals surface area contributed by atoms with Crippen LogP contribution in [0.15, 0.2) is 18.2 Å². The molecule has 0 amide bonds. The minimum atomic E-state index is -0.472. The summed E-state index contributed by atoms with van der Waals surface area (Å²) in [6.45, 7) is 3.73. The second kappa shape index (κ2) is 4.23. The molecule has 0 aromatic heterocycles. The van der Waals surface area contributed by atoms with Gasteiger partial charge in [-0.1, -0.05) is 12.1 Å². The van der Waals surface area contributed by atoms with Crippen LogP contribution in [0.5, 0.6) is 0 Å². The van der Waals surface area contributed by atoms with Gasteiger partial charge in [-0.2, -0.15) is 0 Å². The van der Waals surface area contributed by atoms with Gasteiger partial charge in [0.05, 0.1) is 11.8 Å². The number of aliphatic hydroxyl groups is 1. The van der Waals surface area contributed by atoms with Gasteiger partial charge in [-0.15, -0.1) is 0 Å². The molecule has 0 aliphatic heterocycles. The van der Waals surface area contributed by atoms with Crippen LogP contribution in [0.3, 0.4) is 0 Å². The maximum absolute atomic E-state index is 13.3. The van der Waals surface area contributed by atoms with E-state index in [-0.39, 0.29) is 5.82 Å². The fraction of sp³-hybridized carbons (Fsp3) is 0.400. The summed E-state index contributed by atoms with van der Waals surface area (Å²) in [6, 6.07) is 5.15. The molecule has 1 atom stereocenters. The number of hydrogen-bond donors (Lipinski definition) is 2. The van der Waals surface area contributed by atoms with Crippen molar-refractivity contribution in [2.24, 2.45) is 0 Å². The van der Waals surface area contributed by atoms with Crippen LogP contribution in [-0.4, -0.2) is 17.8 Å². The summed E-state index contributed by atoms with van der Waals surface area (Å²) in [5.74, 6) is -0.247. The molecule has 1 aromatic rings. The largest absolute Gasteiger partial charge is 0.392 e. The molecule has 1 rings (SSSR count). The van der Waals surface area contributed by atoms with Crippen LogP contribution in [0.25, 0.3) is 0 Å². The highest BCUT2D eigenvalue weighted by Crippen LogP contribution is 2.16. The molecule has 0 bridgehead atoms. The van der Waals surface area contributed by atoms with Crippen LogP contribution in [-0.2, 0) is 0 Å². The van der Waals surface area contributed by atoms with Gasteiger partial charge in [-0.05, 0) is 25.5 Å². The number of hydrogen-bond acceptors (Lipinski definition) is 2. The Balaban J connectivity index is 2.71. The van der Waals surface area contributed by atoms with Crippen molar-refractivity contribution in [2.75, 3.05) is 11.9 Å². The van der Waals surface area contributed by atoms with Gasteiger partial charge in [0.1, 0.15) is 5.82 Å². The number of nitrogens with one attached hydrogen (secondary N) is 1. The normalized spacial score (nSPS) is 12.6. The maximum atomic E-state index is 13.3. The molecule has 0 aliphatic rings. The van der Waals surface area contributed by atoms with E-state index >= 15 is 0 Å². The van der Waals surface area contributed by atoms with E-state index in [9.17, 15) is 4.39 Å². The Morgan fingerprint density at radius 1 is 1.54 bits per heavy atom. The van der Waals surface area contributed by atoms with E-state index in [0.717, 1.165) is 0 Å². The molecule has 0 radical (unpaired) electrons. The average molecular weight is 183 g/mol. The van der Waals surface area contributed by atoms with E-state index < -0.39 is 6.10 Å². The van der Waals surface area contributed by atoms with E-state index in [4.69, 9.17) is 5.11 Å². The van der Waals surface area contributed by atoms with E-state index in [1.807, 2.05) is 0 Å². The second-order valence-corrected chi connectivity index (χ2v) is 3.17. The van der Waals surface area contributed by atoms with Crippen molar-refractivity contribution in [3.8, 4) is 0 Å². The molecule has 0 aliphatic carbocycles. The zero-order valence-corrected chi connectivity index (χ0v) is 7.84. The predicted octanol–water partition coefficient (Wildman–Crippen LogP) is 1.93. The zero-order valence-electron chi connectivity index (χ0n) is 7.84. The molecular formula is C10H14FNO. The van der Waals surface area contributed by atoms with Gasteiger partial charge in [0.15, 0.2) is 0 Å². The third-order valence-electron chi connectivity index (χ3n) is 1.78. The number of rotatable bonds is 3. The van der Waals surface area contributed by atoms with Crippen LogP contribution < -0.4 is 5.32 Å². The van der Waals surface area contributed by atoms with Gasteiger partial charge in [0, 0.05) is 6.54 Å². The molecule has 13 heavy (non-hydrogen) atoms.